The van der Waals surface area contributed by atoms with E-state index in [0.29, 0.717) is 28.0 Å². The van der Waals surface area contributed by atoms with Crippen LogP contribution in [0.25, 0.3) is 0 Å². The number of aliphatic hydroxyl groups excluding tert-OH is 1. The molecule has 0 radical (unpaired) electrons. The molecule has 1 rings (SSSR count). The average Bonchev–Trinajstić information content (AvgIpc) is 2.23. The molecular formula is C12H14Cl2O2. The zero-order valence-corrected chi connectivity index (χ0v) is 10.7. The maximum atomic E-state index is 9.86. The van der Waals surface area contributed by atoms with Crippen LogP contribution < -0.4 is 4.74 Å². The lowest BCUT2D eigenvalue weighted by atomic mass is 10.1. The van der Waals surface area contributed by atoms with Gasteiger partial charge < -0.3 is 9.84 Å². The topological polar surface area (TPSA) is 29.5 Å². The van der Waals surface area contributed by atoms with Gasteiger partial charge in [0.05, 0.1) is 11.6 Å². The zero-order chi connectivity index (χ0) is 12.1. The molecule has 0 aliphatic rings. The Hall–Kier alpha value is -0.700. The number of hydrogen-bond donors (Lipinski definition) is 1. The van der Waals surface area contributed by atoms with Crippen LogP contribution in [0.4, 0.5) is 0 Å². The fourth-order valence-electron chi connectivity index (χ4n) is 1.37. The molecule has 0 aliphatic carbocycles. The number of rotatable bonds is 4. The average molecular weight is 261 g/mol. The van der Waals surface area contributed by atoms with Crippen LogP contribution in [0, 0.1) is 0 Å². The van der Waals surface area contributed by atoms with Crippen molar-refractivity contribution in [2.75, 3.05) is 6.61 Å². The van der Waals surface area contributed by atoms with Crippen molar-refractivity contribution in [1.82, 2.24) is 0 Å². The van der Waals surface area contributed by atoms with Gasteiger partial charge in [-0.1, -0.05) is 35.4 Å². The Morgan fingerprint density at radius 1 is 1.44 bits per heavy atom. The second-order valence-electron chi connectivity index (χ2n) is 3.18. The van der Waals surface area contributed by atoms with Gasteiger partial charge in [-0.05, 0) is 26.0 Å². The van der Waals surface area contributed by atoms with Crippen molar-refractivity contribution >= 4 is 23.2 Å². The zero-order valence-electron chi connectivity index (χ0n) is 9.21. The van der Waals surface area contributed by atoms with Crippen LogP contribution in [-0.4, -0.2) is 11.7 Å². The van der Waals surface area contributed by atoms with E-state index < -0.39 is 6.10 Å². The molecular weight excluding hydrogens is 247 g/mol. The quantitative estimate of drug-likeness (QED) is 0.830. The Morgan fingerprint density at radius 2 is 2.12 bits per heavy atom. The van der Waals surface area contributed by atoms with Gasteiger partial charge in [-0.3, -0.25) is 0 Å². The second kappa shape index (κ2) is 6.14. The Bertz CT molecular complexity index is 389. The Labute approximate surface area is 105 Å². The van der Waals surface area contributed by atoms with E-state index in [9.17, 15) is 5.11 Å². The lowest BCUT2D eigenvalue weighted by Gasteiger charge is -2.14. The summed E-state index contributed by atoms with van der Waals surface area (Å²) in [6.07, 6.45) is 2.54. The van der Waals surface area contributed by atoms with Crippen LogP contribution in [-0.2, 0) is 0 Å². The van der Waals surface area contributed by atoms with Crippen LogP contribution in [0.5, 0.6) is 5.75 Å². The molecule has 0 aromatic heterocycles. The molecule has 88 valence electrons. The van der Waals surface area contributed by atoms with E-state index in [0.717, 1.165) is 0 Å². The van der Waals surface area contributed by atoms with Crippen LogP contribution in [0.3, 0.4) is 0 Å². The van der Waals surface area contributed by atoms with Crippen LogP contribution in [0.1, 0.15) is 25.5 Å². The molecule has 1 aromatic carbocycles. The molecule has 1 atom stereocenters. The fraction of sp³-hybridized carbons (Fsp3) is 0.333. The third-order valence-corrected chi connectivity index (χ3v) is 2.78. The maximum absolute atomic E-state index is 9.86. The van der Waals surface area contributed by atoms with E-state index in [2.05, 4.69) is 0 Å². The summed E-state index contributed by atoms with van der Waals surface area (Å²) in [5.41, 5.74) is 0.479. The highest BCUT2D eigenvalue weighted by molar-refractivity contribution is 6.37. The normalized spacial score (nSPS) is 13.1. The van der Waals surface area contributed by atoms with Gasteiger partial charge in [0.2, 0.25) is 0 Å². The largest absolute Gasteiger partial charge is 0.492 e. The molecule has 16 heavy (non-hydrogen) atoms. The van der Waals surface area contributed by atoms with Crippen molar-refractivity contribution in [3.05, 3.63) is 39.9 Å². The minimum absolute atomic E-state index is 0.361. The molecule has 0 aliphatic heterocycles. The minimum Gasteiger partial charge on any atom is -0.492 e. The van der Waals surface area contributed by atoms with Gasteiger partial charge in [-0.2, -0.15) is 0 Å². The number of halogens is 2. The third-order valence-electron chi connectivity index (χ3n) is 2.06. The predicted molar refractivity (Wildman–Crippen MR) is 67.4 cm³/mol. The SMILES string of the molecule is C/C=C\C(O)c1c(Cl)ccc(OCC)c1Cl. The van der Waals surface area contributed by atoms with Crippen molar-refractivity contribution < 1.29 is 9.84 Å². The van der Waals surface area contributed by atoms with Crippen molar-refractivity contribution in [3.8, 4) is 5.75 Å². The minimum atomic E-state index is -0.814. The summed E-state index contributed by atoms with van der Waals surface area (Å²) >= 11 is 12.1. The van der Waals surface area contributed by atoms with E-state index >= 15 is 0 Å². The number of hydrogen-bond acceptors (Lipinski definition) is 2. The van der Waals surface area contributed by atoms with Crippen molar-refractivity contribution in [2.24, 2.45) is 0 Å². The first kappa shape index (κ1) is 13.4. The lowest BCUT2D eigenvalue weighted by molar-refractivity contribution is 0.228. The van der Waals surface area contributed by atoms with Gasteiger partial charge in [0.1, 0.15) is 11.9 Å². The molecule has 0 spiro atoms. The second-order valence-corrected chi connectivity index (χ2v) is 3.96. The van der Waals surface area contributed by atoms with Gasteiger partial charge in [-0.25, -0.2) is 0 Å². The maximum Gasteiger partial charge on any atom is 0.138 e. The Kier molecular flexibility index (Phi) is 5.13. The fourth-order valence-corrected chi connectivity index (χ4v) is 2.01. The molecule has 0 fully saturated rings. The van der Waals surface area contributed by atoms with Gasteiger partial charge >= 0.3 is 0 Å². The molecule has 0 saturated carbocycles. The number of allylic oxidation sites excluding steroid dienone is 1. The summed E-state index contributed by atoms with van der Waals surface area (Å²) in [6, 6.07) is 3.36. The molecule has 0 heterocycles. The van der Waals surface area contributed by atoms with Crippen LogP contribution in [0.15, 0.2) is 24.3 Å². The van der Waals surface area contributed by atoms with E-state index in [1.54, 1.807) is 24.3 Å². The van der Waals surface area contributed by atoms with E-state index in [1.807, 2.05) is 13.8 Å². The third kappa shape index (κ3) is 2.91. The van der Waals surface area contributed by atoms with Gasteiger partial charge in [0, 0.05) is 10.6 Å². The van der Waals surface area contributed by atoms with Crippen molar-refractivity contribution in [1.29, 1.82) is 0 Å². The molecule has 0 amide bonds. The standard InChI is InChI=1S/C12H14Cl2O2/c1-3-5-9(15)11-8(13)6-7-10(12(11)14)16-4-2/h3,5-7,9,15H,4H2,1-2H3/b5-3-. The first-order chi connectivity index (χ1) is 7.61. The van der Waals surface area contributed by atoms with E-state index in [4.69, 9.17) is 27.9 Å². The summed E-state index contributed by atoms with van der Waals surface area (Å²) in [5, 5.41) is 10.7. The van der Waals surface area contributed by atoms with Gasteiger partial charge in [0.15, 0.2) is 0 Å². The first-order valence-electron chi connectivity index (χ1n) is 5.03. The Morgan fingerprint density at radius 3 is 2.69 bits per heavy atom. The summed E-state index contributed by atoms with van der Waals surface area (Å²) < 4.78 is 5.33. The number of benzene rings is 1. The number of aliphatic hydroxyl groups is 1. The highest BCUT2D eigenvalue weighted by atomic mass is 35.5. The smallest absolute Gasteiger partial charge is 0.138 e. The van der Waals surface area contributed by atoms with Crippen molar-refractivity contribution in [2.45, 2.75) is 20.0 Å². The molecule has 0 bridgehead atoms. The molecule has 4 heteroatoms. The molecule has 2 nitrogen and oxygen atoms in total. The predicted octanol–water partition coefficient (Wildman–Crippen LogP) is 4.00. The molecule has 1 N–H and O–H groups in total. The molecule has 0 saturated heterocycles. The summed E-state index contributed by atoms with van der Waals surface area (Å²) in [6.45, 7) is 4.20. The van der Waals surface area contributed by atoms with Crippen LogP contribution >= 0.6 is 23.2 Å². The first-order valence-corrected chi connectivity index (χ1v) is 5.79. The molecule has 1 unspecified atom stereocenters. The number of ether oxygens (including phenoxy) is 1. The lowest BCUT2D eigenvalue weighted by Crippen LogP contribution is -1.99. The monoisotopic (exact) mass is 260 g/mol. The van der Waals surface area contributed by atoms with Gasteiger partial charge in [-0.15, -0.1) is 0 Å². The highest BCUT2D eigenvalue weighted by Crippen LogP contribution is 2.37. The Balaban J connectivity index is 3.20. The molecule has 1 aromatic rings. The summed E-state index contributed by atoms with van der Waals surface area (Å²) in [5.74, 6) is 0.534. The van der Waals surface area contributed by atoms with Crippen molar-refractivity contribution in [3.63, 3.8) is 0 Å². The van der Waals surface area contributed by atoms with E-state index in [1.165, 1.54) is 0 Å². The van der Waals surface area contributed by atoms with E-state index in [-0.39, 0.29) is 0 Å². The highest BCUT2D eigenvalue weighted by Gasteiger charge is 2.16. The van der Waals surface area contributed by atoms with Crippen LogP contribution in [0.2, 0.25) is 10.0 Å². The summed E-state index contributed by atoms with van der Waals surface area (Å²) in [4.78, 5) is 0. The van der Waals surface area contributed by atoms with Gasteiger partial charge in [0.25, 0.3) is 0 Å². The summed E-state index contributed by atoms with van der Waals surface area (Å²) in [7, 11) is 0.